The van der Waals surface area contributed by atoms with Gasteiger partial charge in [0.05, 0.1) is 0 Å². The topological polar surface area (TPSA) is 0 Å². The Hall–Kier alpha value is -0.560. The zero-order valence-electron chi connectivity index (χ0n) is 5.94. The molecule has 2 rings (SSSR count). The minimum absolute atomic E-state index is 1.17. The first-order valence-corrected chi connectivity index (χ1v) is 4.39. The molecule has 1 aliphatic rings. The van der Waals surface area contributed by atoms with Crippen molar-refractivity contribution < 1.29 is 0 Å². The van der Waals surface area contributed by atoms with Crippen LogP contribution >= 0.6 is 11.3 Å². The molecule has 0 bridgehead atoms. The lowest BCUT2D eigenvalue weighted by molar-refractivity contribution is 0.912. The maximum atomic E-state index is 4.00. The quantitative estimate of drug-likeness (QED) is 0.519. The Kier molecular flexibility index (Phi) is 1.21. The summed E-state index contributed by atoms with van der Waals surface area (Å²) in [4.78, 5) is 1.54. The highest BCUT2D eigenvalue weighted by atomic mass is 32.1. The van der Waals surface area contributed by atoms with Gasteiger partial charge in [-0.15, -0.1) is 11.3 Å². The number of aryl methyl sites for hydroxylation is 1. The second-order valence-corrected chi connectivity index (χ2v) is 3.95. The lowest BCUT2D eigenvalue weighted by Crippen LogP contribution is -2.17. The fraction of sp³-hybridized carbons (Fsp3) is 0.333. The van der Waals surface area contributed by atoms with Crippen LogP contribution in [0.25, 0.3) is 13.2 Å². The number of hydrogen-bond acceptors (Lipinski definition) is 1. The van der Waals surface area contributed by atoms with E-state index in [1.165, 1.54) is 39.5 Å². The molecule has 0 amide bonds. The molecule has 0 unspecified atom stereocenters. The van der Waals surface area contributed by atoms with Crippen molar-refractivity contribution in [1.82, 2.24) is 0 Å². The summed E-state index contributed by atoms with van der Waals surface area (Å²) >= 11 is 1.83. The van der Waals surface area contributed by atoms with Gasteiger partial charge >= 0.3 is 0 Å². The molecule has 0 nitrogen and oxygen atoms in total. The zero-order valence-corrected chi connectivity index (χ0v) is 6.76. The SMILES string of the molecule is C=c1sc2c(c1=C)CCC2. The summed E-state index contributed by atoms with van der Waals surface area (Å²) in [6.07, 6.45) is 3.82. The maximum absolute atomic E-state index is 4.00. The largest absolute Gasteiger partial charge is 0.141 e. The molecule has 0 fully saturated rings. The van der Waals surface area contributed by atoms with Crippen LogP contribution in [-0.4, -0.2) is 0 Å². The standard InChI is InChI=1S/C9H10S/c1-6-7(2)10-9-5-3-4-8(6)9/h1-5H2. The highest BCUT2D eigenvalue weighted by molar-refractivity contribution is 7.10. The molecular formula is C9H10S. The van der Waals surface area contributed by atoms with Gasteiger partial charge in [-0.25, -0.2) is 0 Å². The molecule has 1 heterocycles. The lowest BCUT2D eigenvalue weighted by Gasteiger charge is -1.82. The molecule has 52 valence electrons. The lowest BCUT2D eigenvalue weighted by atomic mass is 10.2. The van der Waals surface area contributed by atoms with Gasteiger partial charge in [0.25, 0.3) is 0 Å². The number of hydrogen-bond donors (Lipinski definition) is 0. The van der Waals surface area contributed by atoms with Crippen molar-refractivity contribution >= 4 is 24.5 Å². The molecule has 1 heteroatoms. The Balaban J connectivity index is 2.83. The van der Waals surface area contributed by atoms with Crippen LogP contribution in [0.2, 0.25) is 0 Å². The summed E-state index contributed by atoms with van der Waals surface area (Å²) < 4.78 is 1.17. The van der Waals surface area contributed by atoms with Gasteiger partial charge in [-0.3, -0.25) is 0 Å². The van der Waals surface area contributed by atoms with Crippen LogP contribution in [0.4, 0.5) is 0 Å². The van der Waals surface area contributed by atoms with E-state index in [-0.39, 0.29) is 0 Å². The van der Waals surface area contributed by atoms with E-state index < -0.39 is 0 Å². The first-order chi connectivity index (χ1) is 4.79. The average Bonchev–Trinajstić information content (AvgIpc) is 2.41. The second-order valence-electron chi connectivity index (χ2n) is 2.76. The summed E-state index contributed by atoms with van der Waals surface area (Å²) in [5.74, 6) is 0. The van der Waals surface area contributed by atoms with Gasteiger partial charge in [0, 0.05) is 9.41 Å². The normalized spacial score (nSPS) is 15.6. The molecule has 1 aromatic heterocycles. The molecular weight excluding hydrogens is 140 g/mol. The van der Waals surface area contributed by atoms with E-state index in [1.54, 1.807) is 0 Å². The third kappa shape index (κ3) is 0.671. The minimum Gasteiger partial charge on any atom is -0.141 e. The summed E-state index contributed by atoms with van der Waals surface area (Å²) in [5, 5.41) is 1.21. The summed E-state index contributed by atoms with van der Waals surface area (Å²) in [7, 11) is 0. The van der Waals surface area contributed by atoms with Crippen molar-refractivity contribution in [2.45, 2.75) is 19.3 Å². The van der Waals surface area contributed by atoms with Gasteiger partial charge in [-0.2, -0.15) is 0 Å². The van der Waals surface area contributed by atoms with Gasteiger partial charge in [0.2, 0.25) is 0 Å². The van der Waals surface area contributed by atoms with E-state index >= 15 is 0 Å². The van der Waals surface area contributed by atoms with Crippen molar-refractivity contribution in [3.63, 3.8) is 0 Å². The molecule has 0 aliphatic heterocycles. The monoisotopic (exact) mass is 150 g/mol. The highest BCUT2D eigenvalue weighted by Crippen LogP contribution is 2.20. The molecule has 1 aromatic rings. The molecule has 0 N–H and O–H groups in total. The summed E-state index contributed by atoms with van der Waals surface area (Å²) in [6.45, 7) is 7.94. The van der Waals surface area contributed by atoms with Gasteiger partial charge in [-0.05, 0) is 30.0 Å². The maximum Gasteiger partial charge on any atom is 0.0270 e. The molecule has 0 saturated heterocycles. The third-order valence-corrected chi connectivity index (χ3v) is 3.30. The number of thiophene rings is 1. The van der Waals surface area contributed by atoms with E-state index in [0.29, 0.717) is 0 Å². The number of rotatable bonds is 0. The van der Waals surface area contributed by atoms with Gasteiger partial charge in [-0.1, -0.05) is 13.2 Å². The predicted molar refractivity (Wildman–Crippen MR) is 46.6 cm³/mol. The highest BCUT2D eigenvalue weighted by Gasteiger charge is 2.13. The Bertz CT molecular complexity index is 346. The molecule has 10 heavy (non-hydrogen) atoms. The Labute approximate surface area is 64.5 Å². The van der Waals surface area contributed by atoms with Crippen molar-refractivity contribution in [3.05, 3.63) is 20.2 Å². The van der Waals surface area contributed by atoms with Crippen LogP contribution in [0.5, 0.6) is 0 Å². The van der Waals surface area contributed by atoms with Crippen LogP contribution in [0, 0.1) is 0 Å². The smallest absolute Gasteiger partial charge is 0.0270 e. The predicted octanol–water partition coefficient (Wildman–Crippen LogP) is 1.06. The van der Waals surface area contributed by atoms with E-state index in [2.05, 4.69) is 13.2 Å². The van der Waals surface area contributed by atoms with E-state index in [1.807, 2.05) is 11.3 Å². The van der Waals surface area contributed by atoms with Gasteiger partial charge in [0.15, 0.2) is 0 Å². The molecule has 0 aromatic carbocycles. The molecule has 0 saturated carbocycles. The first-order valence-electron chi connectivity index (χ1n) is 3.57. The Morgan fingerprint density at radius 3 is 2.70 bits per heavy atom. The van der Waals surface area contributed by atoms with E-state index in [9.17, 15) is 0 Å². The van der Waals surface area contributed by atoms with Crippen molar-refractivity contribution in [1.29, 1.82) is 0 Å². The number of fused-ring (bicyclic) bond motifs is 1. The second kappa shape index (κ2) is 1.96. The van der Waals surface area contributed by atoms with Crippen molar-refractivity contribution in [2.24, 2.45) is 0 Å². The van der Waals surface area contributed by atoms with Crippen molar-refractivity contribution in [2.75, 3.05) is 0 Å². The summed E-state index contributed by atoms with van der Waals surface area (Å²) in [5.41, 5.74) is 1.50. The van der Waals surface area contributed by atoms with E-state index in [4.69, 9.17) is 0 Å². The average molecular weight is 150 g/mol. The Morgan fingerprint density at radius 2 is 2.00 bits per heavy atom. The molecule has 0 spiro atoms. The van der Waals surface area contributed by atoms with Gasteiger partial charge in [0.1, 0.15) is 0 Å². The van der Waals surface area contributed by atoms with Crippen LogP contribution in [-0.2, 0) is 12.8 Å². The fourth-order valence-corrected chi connectivity index (χ4v) is 2.67. The zero-order chi connectivity index (χ0) is 7.14. The van der Waals surface area contributed by atoms with Crippen LogP contribution in [0.3, 0.4) is 0 Å². The fourth-order valence-electron chi connectivity index (χ4n) is 1.53. The molecule has 0 atom stereocenters. The molecule has 0 radical (unpaired) electrons. The van der Waals surface area contributed by atoms with Crippen LogP contribution in [0.15, 0.2) is 0 Å². The van der Waals surface area contributed by atoms with Crippen molar-refractivity contribution in [3.8, 4) is 0 Å². The van der Waals surface area contributed by atoms with Crippen LogP contribution < -0.4 is 9.75 Å². The third-order valence-electron chi connectivity index (χ3n) is 2.11. The van der Waals surface area contributed by atoms with E-state index in [0.717, 1.165) is 0 Å². The summed E-state index contributed by atoms with van der Waals surface area (Å²) in [6, 6.07) is 0. The minimum atomic E-state index is 1.17. The first kappa shape index (κ1) is 6.17. The van der Waals surface area contributed by atoms with Crippen LogP contribution in [0.1, 0.15) is 16.9 Å². The molecule has 1 aliphatic carbocycles. The Morgan fingerprint density at radius 1 is 1.20 bits per heavy atom. The van der Waals surface area contributed by atoms with Gasteiger partial charge < -0.3 is 0 Å².